The van der Waals surface area contributed by atoms with Gasteiger partial charge in [-0.2, -0.15) is 0 Å². The van der Waals surface area contributed by atoms with Crippen molar-refractivity contribution in [3.05, 3.63) is 64.7 Å². The number of piperazine rings is 1. The zero-order valence-corrected chi connectivity index (χ0v) is 19.8. The van der Waals surface area contributed by atoms with E-state index in [9.17, 15) is 9.59 Å². The maximum atomic E-state index is 13.2. The first-order chi connectivity index (χ1) is 15.4. The fraction of sp³-hybridized carbons (Fsp3) is 0.440. The molecule has 1 aliphatic rings. The Morgan fingerprint density at radius 2 is 1.69 bits per heavy atom. The number of hydrogen-bond acceptors (Lipinski definition) is 4. The Kier molecular flexibility index (Phi) is 8.53. The third-order valence-corrected chi connectivity index (χ3v) is 6.23. The molecule has 32 heavy (non-hydrogen) atoms. The van der Waals surface area contributed by atoms with E-state index >= 15 is 0 Å². The van der Waals surface area contributed by atoms with Crippen molar-refractivity contribution >= 4 is 23.4 Å². The molecule has 2 aromatic carbocycles. The third kappa shape index (κ3) is 6.24. The minimum Gasteiger partial charge on any atom is -0.497 e. The van der Waals surface area contributed by atoms with Gasteiger partial charge in [-0.05, 0) is 42.2 Å². The molecule has 1 unspecified atom stereocenters. The Balaban J connectivity index is 1.51. The van der Waals surface area contributed by atoms with Crippen molar-refractivity contribution in [3.63, 3.8) is 0 Å². The lowest BCUT2D eigenvalue weighted by Gasteiger charge is -2.37. The van der Waals surface area contributed by atoms with Crippen molar-refractivity contribution in [2.45, 2.75) is 26.3 Å². The smallest absolute Gasteiger partial charge is 0.253 e. The number of ether oxygens (including phenoxy) is 1. The predicted molar refractivity (Wildman–Crippen MR) is 127 cm³/mol. The van der Waals surface area contributed by atoms with Crippen LogP contribution in [0.4, 0.5) is 0 Å². The van der Waals surface area contributed by atoms with E-state index in [4.69, 9.17) is 16.3 Å². The lowest BCUT2D eigenvalue weighted by molar-refractivity contribution is -0.136. The predicted octanol–water partition coefficient (Wildman–Crippen LogP) is 3.49. The van der Waals surface area contributed by atoms with Gasteiger partial charge in [0.15, 0.2) is 0 Å². The summed E-state index contributed by atoms with van der Waals surface area (Å²) < 4.78 is 5.21. The molecule has 1 fully saturated rings. The van der Waals surface area contributed by atoms with E-state index in [1.54, 1.807) is 31.4 Å². The zero-order chi connectivity index (χ0) is 23.1. The second-order valence-electron chi connectivity index (χ2n) is 8.44. The van der Waals surface area contributed by atoms with Crippen LogP contribution in [0.15, 0.2) is 48.5 Å². The summed E-state index contributed by atoms with van der Waals surface area (Å²) in [7, 11) is 1.67. The van der Waals surface area contributed by atoms with Crippen LogP contribution in [0, 0.1) is 5.92 Å². The van der Waals surface area contributed by atoms with Gasteiger partial charge in [-0.3, -0.25) is 14.5 Å². The van der Waals surface area contributed by atoms with E-state index in [-0.39, 0.29) is 17.7 Å². The molecule has 0 saturated carbocycles. The molecule has 0 spiro atoms. The van der Waals surface area contributed by atoms with E-state index in [2.05, 4.69) is 22.3 Å². The molecule has 0 bridgehead atoms. The number of halogens is 1. The Morgan fingerprint density at radius 1 is 1.03 bits per heavy atom. The van der Waals surface area contributed by atoms with Gasteiger partial charge in [0.2, 0.25) is 5.91 Å². The van der Waals surface area contributed by atoms with Gasteiger partial charge in [0, 0.05) is 32.7 Å². The summed E-state index contributed by atoms with van der Waals surface area (Å²) >= 11 is 6.15. The topological polar surface area (TPSA) is 61.9 Å². The molecule has 0 aliphatic carbocycles. The summed E-state index contributed by atoms with van der Waals surface area (Å²) in [6, 6.07) is 14.4. The number of carbonyl (C=O) groups excluding carboxylic acids is 2. The number of methoxy groups -OCH3 is 1. The number of carbonyl (C=O) groups is 2. The summed E-state index contributed by atoms with van der Waals surface area (Å²) in [6.45, 7) is 7.81. The number of nitrogens with zero attached hydrogens (tertiary/aromatic N) is 2. The molecule has 1 atom stereocenters. The van der Waals surface area contributed by atoms with E-state index in [1.165, 1.54) is 5.56 Å². The molecule has 172 valence electrons. The lowest BCUT2D eigenvalue weighted by atomic mass is 10.0. The summed E-state index contributed by atoms with van der Waals surface area (Å²) in [4.78, 5) is 30.1. The Labute approximate surface area is 195 Å². The highest BCUT2D eigenvalue weighted by atomic mass is 35.5. The van der Waals surface area contributed by atoms with Gasteiger partial charge in [0.05, 0.1) is 17.7 Å². The molecule has 2 amide bonds. The van der Waals surface area contributed by atoms with E-state index in [0.717, 1.165) is 31.8 Å². The van der Waals surface area contributed by atoms with Crippen LogP contribution in [0.2, 0.25) is 5.02 Å². The van der Waals surface area contributed by atoms with Crippen molar-refractivity contribution in [1.82, 2.24) is 15.1 Å². The normalized spacial score (nSPS) is 15.5. The third-order valence-electron chi connectivity index (χ3n) is 5.90. The molecule has 0 radical (unpaired) electrons. The number of rotatable bonds is 8. The summed E-state index contributed by atoms with van der Waals surface area (Å²) in [6.07, 6.45) is 0.959. The maximum Gasteiger partial charge on any atom is 0.253 e. The number of nitrogens with one attached hydrogen (secondary N) is 1. The van der Waals surface area contributed by atoms with E-state index in [1.807, 2.05) is 30.9 Å². The van der Waals surface area contributed by atoms with Gasteiger partial charge in [0.1, 0.15) is 11.8 Å². The van der Waals surface area contributed by atoms with Crippen molar-refractivity contribution in [3.8, 4) is 5.75 Å². The Morgan fingerprint density at radius 3 is 2.28 bits per heavy atom. The molecule has 1 saturated heterocycles. The van der Waals surface area contributed by atoms with Crippen molar-refractivity contribution in [2.24, 2.45) is 5.92 Å². The largest absolute Gasteiger partial charge is 0.497 e. The average molecular weight is 458 g/mol. The maximum absolute atomic E-state index is 13.2. The number of benzene rings is 2. The molecule has 6 nitrogen and oxygen atoms in total. The van der Waals surface area contributed by atoms with Gasteiger partial charge < -0.3 is 15.0 Å². The van der Waals surface area contributed by atoms with E-state index in [0.29, 0.717) is 23.7 Å². The Hall–Kier alpha value is -2.57. The molecule has 1 aliphatic heterocycles. The molecular formula is C25H32ClN3O3. The second kappa shape index (κ2) is 11.3. The summed E-state index contributed by atoms with van der Waals surface area (Å²) in [5, 5.41) is 3.28. The quantitative estimate of drug-likeness (QED) is 0.659. The zero-order valence-electron chi connectivity index (χ0n) is 19.0. The fourth-order valence-corrected chi connectivity index (χ4v) is 4.07. The van der Waals surface area contributed by atoms with Gasteiger partial charge in [-0.25, -0.2) is 0 Å². The van der Waals surface area contributed by atoms with Crippen LogP contribution < -0.4 is 10.1 Å². The van der Waals surface area contributed by atoms with Crippen LogP contribution >= 0.6 is 11.6 Å². The number of hydrogen-bond donors (Lipinski definition) is 1. The summed E-state index contributed by atoms with van der Waals surface area (Å²) in [5.74, 6) is 0.486. The minimum atomic E-state index is -0.579. The van der Waals surface area contributed by atoms with Crippen LogP contribution in [0.3, 0.4) is 0 Å². The van der Waals surface area contributed by atoms with Crippen LogP contribution in [0.5, 0.6) is 5.75 Å². The molecular weight excluding hydrogens is 426 g/mol. The average Bonchev–Trinajstić information content (AvgIpc) is 2.81. The molecule has 2 aromatic rings. The van der Waals surface area contributed by atoms with Crippen LogP contribution in [0.1, 0.15) is 29.8 Å². The standard InChI is InChI=1S/C25H32ClN3O3/c1-18(2)23(27-24(30)21-6-4-5-7-22(21)26)25(31)29-16-14-28(15-17-29)13-12-19-8-10-20(32-3)11-9-19/h4-11,18,23H,12-17H2,1-3H3,(H,27,30). The summed E-state index contributed by atoms with van der Waals surface area (Å²) in [5.41, 5.74) is 1.66. The monoisotopic (exact) mass is 457 g/mol. The van der Waals surface area contributed by atoms with Gasteiger partial charge in [-0.15, -0.1) is 0 Å². The lowest BCUT2D eigenvalue weighted by Crippen LogP contribution is -2.56. The molecule has 3 rings (SSSR count). The van der Waals surface area contributed by atoms with Gasteiger partial charge in [0.25, 0.3) is 5.91 Å². The molecule has 1 N–H and O–H groups in total. The first-order valence-corrected chi connectivity index (χ1v) is 11.5. The first kappa shape index (κ1) is 24.1. The molecule has 0 aromatic heterocycles. The van der Waals surface area contributed by atoms with Crippen LogP contribution in [0.25, 0.3) is 0 Å². The molecule has 7 heteroatoms. The highest BCUT2D eigenvalue weighted by Crippen LogP contribution is 2.17. The van der Waals surface area contributed by atoms with Crippen LogP contribution in [-0.4, -0.2) is 67.5 Å². The highest BCUT2D eigenvalue weighted by Gasteiger charge is 2.31. The highest BCUT2D eigenvalue weighted by molar-refractivity contribution is 6.33. The van der Waals surface area contributed by atoms with Crippen molar-refractivity contribution in [2.75, 3.05) is 39.8 Å². The minimum absolute atomic E-state index is 0.0259. The number of amides is 2. The SMILES string of the molecule is COc1ccc(CCN2CCN(C(=O)C(NC(=O)c3ccccc3Cl)C(C)C)CC2)cc1. The second-order valence-corrected chi connectivity index (χ2v) is 8.85. The van der Waals surface area contributed by atoms with Gasteiger partial charge >= 0.3 is 0 Å². The van der Waals surface area contributed by atoms with Crippen molar-refractivity contribution in [1.29, 1.82) is 0 Å². The Bertz CT molecular complexity index is 909. The van der Waals surface area contributed by atoms with Crippen molar-refractivity contribution < 1.29 is 14.3 Å². The van der Waals surface area contributed by atoms with E-state index < -0.39 is 6.04 Å². The van der Waals surface area contributed by atoms with Crippen LogP contribution in [-0.2, 0) is 11.2 Å². The first-order valence-electron chi connectivity index (χ1n) is 11.1. The van der Waals surface area contributed by atoms with Gasteiger partial charge in [-0.1, -0.05) is 49.7 Å². The fourth-order valence-electron chi connectivity index (χ4n) is 3.85. The molecule has 1 heterocycles.